The van der Waals surface area contributed by atoms with Gasteiger partial charge in [0.05, 0.1) is 4.92 Å². The van der Waals surface area contributed by atoms with E-state index in [1.807, 2.05) is 6.07 Å². The molecule has 2 aromatic rings. The minimum Gasteiger partial charge on any atom is -0.360 e. The Morgan fingerprint density at radius 3 is 2.36 bits per heavy atom. The molecule has 8 heteroatoms. The molecule has 1 heterocycles. The molecular weight excluding hydrogens is 376 g/mol. The molecule has 1 saturated heterocycles. The van der Waals surface area contributed by atoms with Crippen LogP contribution in [0.5, 0.6) is 0 Å². The second-order valence-corrected chi connectivity index (χ2v) is 7.18. The molecule has 0 aliphatic carbocycles. The number of hydrogen-bond donors (Lipinski definition) is 2. The number of hydrogen-bond acceptors (Lipinski definition) is 5. The van der Waals surface area contributed by atoms with E-state index in [0.29, 0.717) is 5.56 Å². The maximum absolute atomic E-state index is 12.2. The average molecular weight is 398 g/mol. The molecule has 1 amide bonds. The van der Waals surface area contributed by atoms with Crippen molar-refractivity contribution in [2.24, 2.45) is 0 Å². The van der Waals surface area contributed by atoms with Crippen molar-refractivity contribution >= 4 is 28.9 Å². The van der Waals surface area contributed by atoms with Crippen LogP contribution >= 0.6 is 12.2 Å². The van der Waals surface area contributed by atoms with Gasteiger partial charge >= 0.3 is 0 Å². The number of carbonyl (C=O) groups excluding carboxylic acids is 1. The van der Waals surface area contributed by atoms with Crippen molar-refractivity contribution < 1.29 is 9.72 Å². The molecule has 1 fully saturated rings. The van der Waals surface area contributed by atoms with Gasteiger partial charge in [-0.1, -0.05) is 30.3 Å². The Balaban J connectivity index is 1.43. The van der Waals surface area contributed by atoms with E-state index in [1.54, 1.807) is 0 Å². The van der Waals surface area contributed by atoms with Crippen molar-refractivity contribution in [1.82, 2.24) is 15.5 Å². The maximum atomic E-state index is 12.2. The molecule has 1 aliphatic rings. The van der Waals surface area contributed by atoms with Crippen LogP contribution in [-0.4, -0.2) is 40.0 Å². The monoisotopic (exact) mass is 398 g/mol. The van der Waals surface area contributed by atoms with Crippen molar-refractivity contribution in [3.8, 4) is 0 Å². The summed E-state index contributed by atoms with van der Waals surface area (Å²) in [7, 11) is 0. The van der Waals surface area contributed by atoms with Crippen LogP contribution in [0.15, 0.2) is 54.6 Å². The standard InChI is InChI=1S/C20H22N4O3S/c25-19(16-6-8-18(9-7-16)24(26)27)22-20(28)21-17-10-12-23(13-11-17)14-15-4-2-1-3-5-15/h1-9,17H,10-14H2,(H2,21,22,25,28). The van der Waals surface area contributed by atoms with E-state index in [9.17, 15) is 14.9 Å². The van der Waals surface area contributed by atoms with E-state index in [0.717, 1.165) is 32.5 Å². The fraction of sp³-hybridized carbons (Fsp3) is 0.300. The third kappa shape index (κ3) is 5.58. The van der Waals surface area contributed by atoms with Gasteiger partial charge in [0.1, 0.15) is 0 Å². The van der Waals surface area contributed by atoms with Crippen LogP contribution < -0.4 is 10.6 Å². The molecular formula is C20H22N4O3S. The normalized spacial score (nSPS) is 15.0. The summed E-state index contributed by atoms with van der Waals surface area (Å²) in [6.07, 6.45) is 1.89. The number of benzene rings is 2. The smallest absolute Gasteiger partial charge is 0.269 e. The predicted octanol–water partition coefficient (Wildman–Crippen LogP) is 2.86. The van der Waals surface area contributed by atoms with E-state index < -0.39 is 4.92 Å². The lowest BCUT2D eigenvalue weighted by atomic mass is 10.0. The molecule has 0 bridgehead atoms. The zero-order valence-corrected chi connectivity index (χ0v) is 16.2. The fourth-order valence-corrected chi connectivity index (χ4v) is 3.47. The molecule has 0 saturated carbocycles. The highest BCUT2D eigenvalue weighted by Gasteiger charge is 2.20. The lowest BCUT2D eigenvalue weighted by Gasteiger charge is -2.32. The molecule has 0 aromatic heterocycles. The highest BCUT2D eigenvalue weighted by atomic mass is 32.1. The highest BCUT2D eigenvalue weighted by Crippen LogP contribution is 2.14. The quantitative estimate of drug-likeness (QED) is 0.458. The van der Waals surface area contributed by atoms with Gasteiger partial charge in [0.2, 0.25) is 0 Å². The third-order valence-corrected chi connectivity index (χ3v) is 4.96. The van der Waals surface area contributed by atoms with Crippen LogP contribution in [-0.2, 0) is 6.54 Å². The summed E-state index contributed by atoms with van der Waals surface area (Å²) in [5.74, 6) is -0.381. The predicted molar refractivity (Wildman–Crippen MR) is 111 cm³/mol. The molecule has 0 radical (unpaired) electrons. The Kier molecular flexibility index (Phi) is 6.67. The SMILES string of the molecule is O=C(NC(=S)NC1CCN(Cc2ccccc2)CC1)c1ccc([N+](=O)[O-])cc1. The number of carbonyl (C=O) groups is 1. The first-order valence-electron chi connectivity index (χ1n) is 9.14. The Labute approximate surface area is 168 Å². The average Bonchev–Trinajstić information content (AvgIpc) is 2.70. The number of nitro benzene ring substituents is 1. The number of nitrogens with zero attached hydrogens (tertiary/aromatic N) is 2. The van der Waals surface area contributed by atoms with Crippen molar-refractivity contribution in [1.29, 1.82) is 0 Å². The molecule has 2 aromatic carbocycles. The first-order chi connectivity index (χ1) is 13.5. The van der Waals surface area contributed by atoms with Gasteiger partial charge in [-0.3, -0.25) is 25.1 Å². The summed E-state index contributed by atoms with van der Waals surface area (Å²) >= 11 is 5.25. The molecule has 2 N–H and O–H groups in total. The summed E-state index contributed by atoms with van der Waals surface area (Å²) in [6, 6.07) is 16.0. The van der Waals surface area contributed by atoms with Crippen molar-refractivity contribution in [3.63, 3.8) is 0 Å². The molecule has 1 aliphatic heterocycles. The van der Waals surface area contributed by atoms with Gasteiger partial charge < -0.3 is 5.32 Å². The lowest BCUT2D eigenvalue weighted by molar-refractivity contribution is -0.384. The molecule has 0 unspecified atom stereocenters. The summed E-state index contributed by atoms with van der Waals surface area (Å²) in [6.45, 7) is 2.87. The minimum absolute atomic E-state index is 0.0560. The largest absolute Gasteiger partial charge is 0.360 e. The van der Waals surface area contributed by atoms with Crippen LogP contribution in [0.3, 0.4) is 0 Å². The second kappa shape index (κ2) is 9.38. The van der Waals surface area contributed by atoms with E-state index in [-0.39, 0.29) is 22.7 Å². The summed E-state index contributed by atoms with van der Waals surface area (Å²) < 4.78 is 0. The number of nitrogens with one attached hydrogen (secondary N) is 2. The van der Waals surface area contributed by atoms with Crippen LogP contribution in [0, 0.1) is 10.1 Å². The van der Waals surface area contributed by atoms with Crippen molar-refractivity contribution in [2.45, 2.75) is 25.4 Å². The molecule has 0 spiro atoms. The van der Waals surface area contributed by atoms with Gasteiger partial charge in [-0.2, -0.15) is 0 Å². The van der Waals surface area contributed by atoms with E-state index in [4.69, 9.17) is 12.2 Å². The van der Waals surface area contributed by atoms with E-state index >= 15 is 0 Å². The van der Waals surface area contributed by atoms with Crippen LogP contribution in [0.1, 0.15) is 28.8 Å². The van der Waals surface area contributed by atoms with Crippen molar-refractivity contribution in [2.75, 3.05) is 13.1 Å². The fourth-order valence-electron chi connectivity index (χ4n) is 3.21. The molecule has 28 heavy (non-hydrogen) atoms. The number of nitro groups is 1. The van der Waals surface area contributed by atoms with Crippen molar-refractivity contribution in [3.05, 3.63) is 75.8 Å². The molecule has 146 valence electrons. The molecule has 7 nitrogen and oxygen atoms in total. The minimum atomic E-state index is -0.502. The number of non-ortho nitro benzene ring substituents is 1. The number of amides is 1. The lowest BCUT2D eigenvalue weighted by Crippen LogP contribution is -2.48. The zero-order chi connectivity index (χ0) is 19.9. The summed E-state index contributed by atoms with van der Waals surface area (Å²) in [4.78, 5) is 24.8. The maximum Gasteiger partial charge on any atom is 0.269 e. The van der Waals surface area contributed by atoms with Gasteiger partial charge in [0, 0.05) is 43.4 Å². The van der Waals surface area contributed by atoms with Gasteiger partial charge in [0.25, 0.3) is 11.6 Å². The zero-order valence-electron chi connectivity index (χ0n) is 15.3. The van der Waals surface area contributed by atoms with Gasteiger partial charge in [-0.05, 0) is 42.8 Å². The van der Waals surface area contributed by atoms with Gasteiger partial charge in [-0.25, -0.2) is 0 Å². The Hall–Kier alpha value is -2.84. The number of rotatable bonds is 5. The second-order valence-electron chi connectivity index (χ2n) is 6.77. The molecule has 0 atom stereocenters. The van der Waals surface area contributed by atoms with Crippen LogP contribution in [0.2, 0.25) is 0 Å². The summed E-state index contributed by atoms with van der Waals surface area (Å²) in [5.41, 5.74) is 1.58. The van der Waals surface area contributed by atoms with Gasteiger partial charge in [0.15, 0.2) is 5.11 Å². The Morgan fingerprint density at radius 2 is 1.75 bits per heavy atom. The topological polar surface area (TPSA) is 87.5 Å². The number of piperidine rings is 1. The number of likely N-dealkylation sites (tertiary alicyclic amines) is 1. The highest BCUT2D eigenvalue weighted by molar-refractivity contribution is 7.80. The van der Waals surface area contributed by atoms with Gasteiger partial charge in [-0.15, -0.1) is 0 Å². The van der Waals surface area contributed by atoms with Crippen LogP contribution in [0.25, 0.3) is 0 Å². The first kappa shape index (κ1) is 19.9. The molecule has 3 rings (SSSR count). The summed E-state index contributed by atoms with van der Waals surface area (Å²) in [5, 5.41) is 16.8. The third-order valence-electron chi connectivity index (χ3n) is 4.74. The van der Waals surface area contributed by atoms with E-state index in [2.05, 4.69) is 39.8 Å². The first-order valence-corrected chi connectivity index (χ1v) is 9.54. The Morgan fingerprint density at radius 1 is 1.11 bits per heavy atom. The van der Waals surface area contributed by atoms with Crippen LogP contribution in [0.4, 0.5) is 5.69 Å². The number of thiocarbonyl (C=S) groups is 1. The van der Waals surface area contributed by atoms with E-state index in [1.165, 1.54) is 29.8 Å². The Bertz CT molecular complexity index is 834.